The molecule has 8 heteroatoms. The lowest BCUT2D eigenvalue weighted by Gasteiger charge is -2.22. The maximum atomic E-state index is 14.1. The molecular weight excluding hydrogens is 390 g/mol. The minimum absolute atomic E-state index is 0.145. The van der Waals surface area contributed by atoms with Gasteiger partial charge in [-0.3, -0.25) is 4.79 Å². The molecule has 2 aromatic rings. The average molecular weight is 412 g/mol. The third kappa shape index (κ3) is 4.63. The van der Waals surface area contributed by atoms with Gasteiger partial charge in [-0.05, 0) is 44.9 Å². The Balaban J connectivity index is 1.59. The fraction of sp³-hybridized carbons (Fsp3) is 0.318. The zero-order valence-electron chi connectivity index (χ0n) is 16.8. The van der Waals surface area contributed by atoms with E-state index in [1.165, 1.54) is 24.5 Å². The number of hydrogen-bond donors (Lipinski definition) is 1. The van der Waals surface area contributed by atoms with Gasteiger partial charge in [0.25, 0.3) is 0 Å². The summed E-state index contributed by atoms with van der Waals surface area (Å²) in [5.74, 6) is -1.61. The van der Waals surface area contributed by atoms with E-state index in [1.807, 2.05) is 24.8 Å². The van der Waals surface area contributed by atoms with Crippen molar-refractivity contribution in [1.29, 1.82) is 5.26 Å². The van der Waals surface area contributed by atoms with Gasteiger partial charge in [0.15, 0.2) is 11.6 Å². The van der Waals surface area contributed by atoms with Gasteiger partial charge in [0.05, 0.1) is 11.2 Å². The first-order chi connectivity index (χ1) is 14.4. The van der Waals surface area contributed by atoms with Gasteiger partial charge < -0.3 is 15.0 Å². The molecular formula is C22H22F2N4O2. The molecule has 30 heavy (non-hydrogen) atoms. The molecule has 1 aliphatic rings. The molecule has 0 aliphatic heterocycles. The molecule has 0 atom stereocenters. The van der Waals surface area contributed by atoms with Gasteiger partial charge >= 0.3 is 0 Å². The van der Waals surface area contributed by atoms with Crippen LogP contribution in [0.4, 0.5) is 14.6 Å². The summed E-state index contributed by atoms with van der Waals surface area (Å²) in [5, 5.41) is 11.5. The van der Waals surface area contributed by atoms with Crippen molar-refractivity contribution in [3.05, 3.63) is 71.2 Å². The number of amides is 1. The van der Waals surface area contributed by atoms with Crippen molar-refractivity contribution in [1.82, 2.24) is 10.3 Å². The predicted octanol–water partition coefficient (Wildman–Crippen LogP) is 3.74. The van der Waals surface area contributed by atoms with E-state index in [-0.39, 0.29) is 12.2 Å². The number of benzene rings is 1. The molecule has 1 fully saturated rings. The summed E-state index contributed by atoms with van der Waals surface area (Å²) in [4.78, 5) is 18.3. The zero-order valence-corrected chi connectivity index (χ0v) is 16.8. The minimum Gasteiger partial charge on any atom is -0.360 e. The summed E-state index contributed by atoms with van der Waals surface area (Å²) >= 11 is 0. The number of nitrogens with one attached hydrogen (secondary N) is 1. The summed E-state index contributed by atoms with van der Waals surface area (Å²) in [6, 6.07) is 9.39. The van der Waals surface area contributed by atoms with E-state index in [1.54, 1.807) is 12.1 Å². The van der Waals surface area contributed by atoms with Gasteiger partial charge in [0.1, 0.15) is 18.5 Å². The topological polar surface area (TPSA) is 78.3 Å². The number of carbonyl (C=O) groups excluding carboxylic acids is 1. The summed E-state index contributed by atoms with van der Waals surface area (Å²) < 4.78 is 33.2. The van der Waals surface area contributed by atoms with Crippen molar-refractivity contribution in [3.63, 3.8) is 0 Å². The Morgan fingerprint density at radius 3 is 2.73 bits per heavy atom. The van der Waals surface area contributed by atoms with Crippen LogP contribution in [0.5, 0.6) is 0 Å². The second kappa shape index (κ2) is 9.01. The number of pyridine rings is 1. The van der Waals surface area contributed by atoms with Crippen molar-refractivity contribution >= 4 is 11.7 Å². The van der Waals surface area contributed by atoms with E-state index < -0.39 is 23.1 Å². The molecule has 1 heterocycles. The Morgan fingerprint density at radius 2 is 2.13 bits per heavy atom. The predicted molar refractivity (Wildman–Crippen MR) is 107 cm³/mol. The molecule has 1 amide bonds. The van der Waals surface area contributed by atoms with Gasteiger partial charge in [0, 0.05) is 30.2 Å². The lowest BCUT2D eigenvalue weighted by atomic mass is 10.1. The molecule has 0 radical (unpaired) electrons. The molecule has 6 nitrogen and oxygen atoms in total. The molecule has 1 aromatic carbocycles. The Bertz CT molecular complexity index is 995. The molecule has 1 saturated carbocycles. The molecule has 0 spiro atoms. The standard InChI is InChI=1S/C22H22F2N4O2/c1-3-28(19-8-7-16(11-25)13-26-19)15(2)12-27-20(29)14-30-22(9-10-22)17-5-4-6-18(23)21(17)24/h4-8,12-13H,3,9-10,14H2,1-2H3,(H,27,29)/b15-12+. The lowest BCUT2D eigenvalue weighted by Crippen LogP contribution is -2.29. The number of aromatic nitrogens is 1. The molecule has 1 aliphatic carbocycles. The molecule has 0 saturated heterocycles. The van der Waals surface area contributed by atoms with E-state index in [0.29, 0.717) is 30.8 Å². The third-order valence-corrected chi connectivity index (χ3v) is 4.96. The van der Waals surface area contributed by atoms with E-state index >= 15 is 0 Å². The highest BCUT2D eigenvalue weighted by Gasteiger charge is 2.48. The third-order valence-electron chi connectivity index (χ3n) is 4.96. The maximum Gasteiger partial charge on any atom is 0.250 e. The quantitative estimate of drug-likeness (QED) is 0.715. The number of nitriles is 1. The van der Waals surface area contributed by atoms with E-state index in [0.717, 1.165) is 11.8 Å². The van der Waals surface area contributed by atoms with E-state index in [2.05, 4.69) is 10.3 Å². The Hall–Kier alpha value is -3.31. The van der Waals surface area contributed by atoms with Crippen molar-refractivity contribution in [3.8, 4) is 6.07 Å². The normalized spacial score (nSPS) is 14.7. The number of nitrogens with zero attached hydrogens (tertiary/aromatic N) is 3. The highest BCUT2D eigenvalue weighted by Crippen LogP contribution is 2.50. The summed E-state index contributed by atoms with van der Waals surface area (Å²) in [5.41, 5.74) is 0.404. The van der Waals surface area contributed by atoms with Crippen LogP contribution in [0.3, 0.4) is 0 Å². The largest absolute Gasteiger partial charge is 0.360 e. The molecule has 1 N–H and O–H groups in total. The first-order valence-electron chi connectivity index (χ1n) is 9.58. The summed E-state index contributed by atoms with van der Waals surface area (Å²) in [7, 11) is 0. The highest BCUT2D eigenvalue weighted by molar-refractivity contribution is 5.78. The Kier molecular flexibility index (Phi) is 6.43. The van der Waals surface area contributed by atoms with Crippen molar-refractivity contribution in [2.75, 3.05) is 18.1 Å². The number of halogens is 2. The van der Waals surface area contributed by atoms with Crippen LogP contribution in [0, 0.1) is 23.0 Å². The van der Waals surface area contributed by atoms with Crippen LogP contribution in [-0.4, -0.2) is 24.0 Å². The molecule has 156 valence electrons. The van der Waals surface area contributed by atoms with Gasteiger partial charge in [-0.15, -0.1) is 0 Å². The van der Waals surface area contributed by atoms with Crippen molar-refractivity contribution in [2.24, 2.45) is 0 Å². The smallest absolute Gasteiger partial charge is 0.250 e. The van der Waals surface area contributed by atoms with Crippen LogP contribution < -0.4 is 10.2 Å². The monoisotopic (exact) mass is 412 g/mol. The van der Waals surface area contributed by atoms with Gasteiger partial charge in [-0.1, -0.05) is 12.1 Å². The molecule has 0 unspecified atom stereocenters. The molecule has 3 rings (SSSR count). The fourth-order valence-corrected chi connectivity index (χ4v) is 3.17. The summed E-state index contributed by atoms with van der Waals surface area (Å²) in [6.07, 6.45) is 4.09. The average Bonchev–Trinajstić information content (AvgIpc) is 3.54. The second-order valence-corrected chi connectivity index (χ2v) is 7.00. The van der Waals surface area contributed by atoms with Crippen molar-refractivity contribution in [2.45, 2.75) is 32.3 Å². The summed E-state index contributed by atoms with van der Waals surface area (Å²) in [6.45, 7) is 4.08. The maximum absolute atomic E-state index is 14.1. The van der Waals surface area contributed by atoms with Crippen LogP contribution in [0.2, 0.25) is 0 Å². The number of anilines is 1. The number of carbonyl (C=O) groups is 1. The number of allylic oxidation sites excluding steroid dienone is 1. The SMILES string of the molecule is CCN(/C(C)=C/NC(=O)COC1(c2cccc(F)c2F)CC1)c1ccc(C#N)cn1. The molecule has 0 bridgehead atoms. The minimum atomic E-state index is -0.940. The lowest BCUT2D eigenvalue weighted by molar-refractivity contribution is -0.128. The Labute approximate surface area is 173 Å². The van der Waals surface area contributed by atoms with Crippen LogP contribution in [0.1, 0.15) is 37.8 Å². The van der Waals surface area contributed by atoms with Crippen LogP contribution in [0.15, 0.2) is 48.4 Å². The molecule has 1 aromatic heterocycles. The van der Waals surface area contributed by atoms with E-state index in [9.17, 15) is 13.6 Å². The zero-order chi connectivity index (χ0) is 21.7. The van der Waals surface area contributed by atoms with E-state index in [4.69, 9.17) is 10.00 Å². The number of hydrogen-bond acceptors (Lipinski definition) is 5. The first-order valence-corrected chi connectivity index (χ1v) is 9.58. The Morgan fingerprint density at radius 1 is 1.37 bits per heavy atom. The first kappa shape index (κ1) is 21.4. The van der Waals surface area contributed by atoms with Gasteiger partial charge in [-0.2, -0.15) is 5.26 Å². The van der Waals surface area contributed by atoms with Crippen LogP contribution >= 0.6 is 0 Å². The number of ether oxygens (including phenoxy) is 1. The van der Waals surface area contributed by atoms with Crippen LogP contribution in [-0.2, 0) is 15.1 Å². The number of rotatable bonds is 8. The van der Waals surface area contributed by atoms with Gasteiger partial charge in [-0.25, -0.2) is 13.8 Å². The van der Waals surface area contributed by atoms with Crippen molar-refractivity contribution < 1.29 is 18.3 Å². The second-order valence-electron chi connectivity index (χ2n) is 7.00. The highest BCUT2D eigenvalue weighted by atomic mass is 19.2. The fourth-order valence-electron chi connectivity index (χ4n) is 3.17. The van der Waals surface area contributed by atoms with Gasteiger partial charge in [0.2, 0.25) is 5.91 Å². The van der Waals surface area contributed by atoms with Crippen LogP contribution in [0.25, 0.3) is 0 Å².